The summed E-state index contributed by atoms with van der Waals surface area (Å²) in [6, 6.07) is 7.57. The highest BCUT2D eigenvalue weighted by atomic mass is 127. The molecule has 2 heterocycles. The average Bonchev–Trinajstić information content (AvgIpc) is 2.89. The number of nitrogens with zero attached hydrogens (tertiary/aromatic N) is 5. The molecule has 0 saturated carbocycles. The van der Waals surface area contributed by atoms with Crippen molar-refractivity contribution in [3.05, 3.63) is 48.5 Å². The molecular weight excluding hydrogens is 677 g/mol. The van der Waals surface area contributed by atoms with Crippen LogP contribution in [0.2, 0.25) is 5.02 Å². The van der Waals surface area contributed by atoms with Gasteiger partial charge in [-0.3, -0.25) is 0 Å². The van der Waals surface area contributed by atoms with Gasteiger partial charge >= 0.3 is 0 Å². The standard InChI is InChI=1S/C24H26BrClIN7O3/c1-4-37-21-18(27)10-15(11-20(21)35-3)13-28-33-23-30-22(29-19-12-17(26)14(2)9-16(19)25)31-24(32-23)34-5-7-36-8-6-34/h9-13H,4-8H2,1-3H3,(H2,29,30,31,32,33)/b28-13-. The first-order valence-corrected chi connectivity index (χ1v) is 13.7. The first kappa shape index (κ1) is 27.6. The molecule has 10 nitrogen and oxygen atoms in total. The number of benzene rings is 2. The molecule has 2 N–H and O–H groups in total. The van der Waals surface area contributed by atoms with Crippen molar-refractivity contribution in [3.63, 3.8) is 0 Å². The molecule has 1 fully saturated rings. The predicted molar refractivity (Wildman–Crippen MR) is 158 cm³/mol. The zero-order valence-corrected chi connectivity index (χ0v) is 25.0. The highest BCUT2D eigenvalue weighted by Gasteiger charge is 2.17. The van der Waals surface area contributed by atoms with Gasteiger partial charge in [-0.2, -0.15) is 20.1 Å². The lowest BCUT2D eigenvalue weighted by Gasteiger charge is -2.27. The van der Waals surface area contributed by atoms with Crippen molar-refractivity contribution in [2.45, 2.75) is 13.8 Å². The average molecular weight is 703 g/mol. The fraction of sp³-hybridized carbons (Fsp3) is 0.333. The minimum atomic E-state index is 0.289. The number of rotatable bonds is 9. The van der Waals surface area contributed by atoms with E-state index in [2.05, 4.69) is 69.3 Å². The third kappa shape index (κ3) is 7.12. The van der Waals surface area contributed by atoms with E-state index in [1.54, 1.807) is 13.3 Å². The van der Waals surface area contributed by atoms with Crippen molar-refractivity contribution in [3.8, 4) is 11.5 Å². The molecule has 1 aromatic heterocycles. The van der Waals surface area contributed by atoms with E-state index in [0.29, 0.717) is 61.3 Å². The van der Waals surface area contributed by atoms with Crippen molar-refractivity contribution >= 4 is 79.9 Å². The Morgan fingerprint density at radius 1 is 1.19 bits per heavy atom. The zero-order chi connectivity index (χ0) is 26.4. The summed E-state index contributed by atoms with van der Waals surface area (Å²) < 4.78 is 18.4. The van der Waals surface area contributed by atoms with Crippen molar-refractivity contribution in [2.75, 3.05) is 55.7 Å². The van der Waals surface area contributed by atoms with Crippen molar-refractivity contribution < 1.29 is 14.2 Å². The van der Waals surface area contributed by atoms with Crippen LogP contribution in [-0.4, -0.2) is 61.2 Å². The van der Waals surface area contributed by atoms with Gasteiger partial charge in [0.15, 0.2) is 11.5 Å². The van der Waals surface area contributed by atoms with Crippen molar-refractivity contribution in [1.29, 1.82) is 0 Å². The number of nitrogens with one attached hydrogen (secondary N) is 2. The monoisotopic (exact) mass is 701 g/mol. The van der Waals surface area contributed by atoms with Crippen LogP contribution in [0.5, 0.6) is 11.5 Å². The highest BCUT2D eigenvalue weighted by molar-refractivity contribution is 14.1. The summed E-state index contributed by atoms with van der Waals surface area (Å²) in [4.78, 5) is 15.8. The van der Waals surface area contributed by atoms with E-state index in [1.807, 2.05) is 43.0 Å². The summed E-state index contributed by atoms with van der Waals surface area (Å²) in [5.74, 6) is 2.51. The van der Waals surface area contributed by atoms with Gasteiger partial charge in [-0.05, 0) is 87.8 Å². The molecule has 13 heteroatoms. The Balaban J connectivity index is 1.60. The van der Waals surface area contributed by atoms with Gasteiger partial charge in [0.05, 0.1) is 42.4 Å². The number of aromatic nitrogens is 3. The molecule has 0 bridgehead atoms. The van der Waals surface area contributed by atoms with Gasteiger partial charge in [-0.15, -0.1) is 0 Å². The Kier molecular flexibility index (Phi) is 9.62. The highest BCUT2D eigenvalue weighted by Crippen LogP contribution is 2.34. The van der Waals surface area contributed by atoms with Crippen LogP contribution in [0.4, 0.5) is 23.5 Å². The molecule has 0 amide bonds. The minimum absolute atomic E-state index is 0.289. The lowest BCUT2D eigenvalue weighted by Crippen LogP contribution is -2.37. The molecule has 196 valence electrons. The molecule has 1 saturated heterocycles. The quantitative estimate of drug-likeness (QED) is 0.167. The second kappa shape index (κ2) is 12.9. The summed E-state index contributed by atoms with van der Waals surface area (Å²) in [6.45, 7) is 6.99. The van der Waals surface area contributed by atoms with E-state index in [9.17, 15) is 0 Å². The minimum Gasteiger partial charge on any atom is -0.493 e. The van der Waals surface area contributed by atoms with Gasteiger partial charge in [-0.1, -0.05) is 11.6 Å². The number of ether oxygens (including phenoxy) is 3. The van der Waals surface area contributed by atoms with Crippen LogP contribution in [-0.2, 0) is 4.74 Å². The van der Waals surface area contributed by atoms with Crippen molar-refractivity contribution in [1.82, 2.24) is 15.0 Å². The number of morpholine rings is 1. The normalized spacial score (nSPS) is 13.6. The second-order valence-electron chi connectivity index (χ2n) is 7.93. The van der Waals surface area contributed by atoms with E-state index in [-0.39, 0.29) is 5.95 Å². The van der Waals surface area contributed by atoms with Crippen molar-refractivity contribution in [2.24, 2.45) is 5.10 Å². The second-order valence-corrected chi connectivity index (χ2v) is 10.3. The fourth-order valence-electron chi connectivity index (χ4n) is 3.50. The number of aryl methyl sites for hydroxylation is 1. The van der Waals surface area contributed by atoms with Crippen LogP contribution in [0, 0.1) is 10.5 Å². The molecule has 37 heavy (non-hydrogen) atoms. The largest absolute Gasteiger partial charge is 0.493 e. The van der Waals surface area contributed by atoms with Crippen LogP contribution >= 0.6 is 50.1 Å². The summed E-state index contributed by atoms with van der Waals surface area (Å²) in [5.41, 5.74) is 5.45. The number of hydrogen-bond donors (Lipinski definition) is 2. The predicted octanol–water partition coefficient (Wildman–Crippen LogP) is 5.63. The maximum atomic E-state index is 6.34. The third-order valence-electron chi connectivity index (χ3n) is 5.33. The SMILES string of the molecule is CCOc1c(I)cc(/C=N\Nc2nc(Nc3cc(Cl)c(C)cc3Br)nc(N3CCOCC3)n2)cc1OC. The van der Waals surface area contributed by atoms with Gasteiger partial charge in [0.25, 0.3) is 0 Å². The number of halogens is 3. The van der Waals surface area contributed by atoms with Crippen LogP contribution in [0.25, 0.3) is 0 Å². The first-order valence-electron chi connectivity index (χ1n) is 11.5. The topological polar surface area (TPSA) is 106 Å². The summed E-state index contributed by atoms with van der Waals surface area (Å²) in [5, 5.41) is 8.22. The van der Waals surface area contributed by atoms with Crippen LogP contribution < -0.4 is 25.1 Å². The van der Waals surface area contributed by atoms with Gasteiger partial charge < -0.3 is 24.4 Å². The Morgan fingerprint density at radius 3 is 2.68 bits per heavy atom. The number of methoxy groups -OCH3 is 1. The Hall–Kier alpha value is -2.42. The Labute approximate surface area is 242 Å². The molecule has 1 aliphatic rings. The summed E-state index contributed by atoms with van der Waals surface area (Å²) in [6.07, 6.45) is 1.67. The van der Waals surface area contributed by atoms with E-state index in [0.717, 1.165) is 24.9 Å². The fourth-order valence-corrected chi connectivity index (χ4v) is 5.00. The molecule has 0 radical (unpaired) electrons. The summed E-state index contributed by atoms with van der Waals surface area (Å²) in [7, 11) is 1.61. The van der Waals surface area contributed by atoms with Gasteiger partial charge in [0.2, 0.25) is 17.8 Å². The van der Waals surface area contributed by atoms with E-state index < -0.39 is 0 Å². The molecule has 0 aliphatic carbocycles. The lowest BCUT2D eigenvalue weighted by molar-refractivity contribution is 0.122. The van der Waals surface area contributed by atoms with Gasteiger partial charge in [0.1, 0.15) is 0 Å². The number of anilines is 4. The number of hydrogen-bond acceptors (Lipinski definition) is 10. The van der Waals surface area contributed by atoms with Gasteiger partial charge in [-0.25, -0.2) is 5.43 Å². The molecule has 2 aromatic carbocycles. The van der Waals surface area contributed by atoms with Crippen LogP contribution in [0.3, 0.4) is 0 Å². The third-order valence-corrected chi connectivity index (χ3v) is 7.20. The Morgan fingerprint density at radius 2 is 1.95 bits per heavy atom. The first-order chi connectivity index (χ1) is 17.9. The maximum Gasteiger partial charge on any atom is 0.250 e. The molecule has 0 unspecified atom stereocenters. The molecule has 0 spiro atoms. The van der Waals surface area contributed by atoms with Gasteiger partial charge in [0, 0.05) is 22.6 Å². The van der Waals surface area contributed by atoms with Crippen LogP contribution in [0.15, 0.2) is 33.8 Å². The maximum absolute atomic E-state index is 6.34. The van der Waals surface area contributed by atoms with E-state index in [1.165, 1.54) is 0 Å². The molecule has 4 rings (SSSR count). The van der Waals surface area contributed by atoms with E-state index in [4.69, 9.17) is 25.8 Å². The number of hydrazone groups is 1. The van der Waals surface area contributed by atoms with E-state index >= 15 is 0 Å². The summed E-state index contributed by atoms with van der Waals surface area (Å²) >= 11 is 12.1. The zero-order valence-electron chi connectivity index (χ0n) is 20.5. The molecule has 0 atom stereocenters. The molecular formula is C24H26BrClIN7O3. The van der Waals surface area contributed by atoms with Crippen LogP contribution in [0.1, 0.15) is 18.1 Å². The molecule has 1 aliphatic heterocycles. The Bertz CT molecular complexity index is 1290. The molecule has 3 aromatic rings. The smallest absolute Gasteiger partial charge is 0.250 e. The lowest BCUT2D eigenvalue weighted by atomic mass is 10.2.